The number of rotatable bonds is 5. The molecule has 0 radical (unpaired) electrons. The van der Waals surface area contributed by atoms with Gasteiger partial charge < -0.3 is 15.4 Å². The molecule has 6 nitrogen and oxygen atoms in total. The normalized spacial score (nSPS) is 9.97. The lowest BCUT2D eigenvalue weighted by Gasteiger charge is -2.11. The monoisotopic (exact) mass is 405 g/mol. The molecule has 0 aliphatic rings. The lowest BCUT2D eigenvalue weighted by molar-refractivity contribution is 0.0976. The van der Waals surface area contributed by atoms with E-state index in [4.69, 9.17) is 17.0 Å². The maximum atomic E-state index is 12.4. The molecule has 0 spiro atoms. The summed E-state index contributed by atoms with van der Waals surface area (Å²) in [6.07, 6.45) is 0. The van der Waals surface area contributed by atoms with Gasteiger partial charge in [-0.25, -0.2) is 0 Å². The molecule has 3 aromatic carbocycles. The third-order valence-electron chi connectivity index (χ3n) is 3.99. The molecule has 0 saturated heterocycles. The molecule has 29 heavy (non-hydrogen) atoms. The molecule has 0 aliphatic heterocycles. The standard InChI is InChI=1S/C22H19N3O3S/c1-28-19-12-10-15(11-13-19)20(26)25-22(29)24-18-9-5-6-16(14-18)21(27)23-17-7-3-2-4-8-17/h2-14H,1H3,(H,23,27)(H2,24,25,26,29). The van der Waals surface area contributed by atoms with E-state index in [9.17, 15) is 9.59 Å². The Morgan fingerprint density at radius 1 is 0.759 bits per heavy atom. The first-order valence-electron chi connectivity index (χ1n) is 8.78. The van der Waals surface area contributed by atoms with Crippen molar-refractivity contribution in [2.24, 2.45) is 0 Å². The number of ether oxygens (including phenoxy) is 1. The van der Waals surface area contributed by atoms with Crippen LogP contribution in [0.5, 0.6) is 5.75 Å². The van der Waals surface area contributed by atoms with Crippen LogP contribution in [0.4, 0.5) is 11.4 Å². The maximum Gasteiger partial charge on any atom is 0.257 e. The Morgan fingerprint density at radius 2 is 1.45 bits per heavy atom. The maximum absolute atomic E-state index is 12.4. The smallest absolute Gasteiger partial charge is 0.257 e. The number of amides is 2. The lowest BCUT2D eigenvalue weighted by atomic mass is 10.2. The van der Waals surface area contributed by atoms with Gasteiger partial charge in [0.05, 0.1) is 7.11 Å². The summed E-state index contributed by atoms with van der Waals surface area (Å²) < 4.78 is 5.07. The van der Waals surface area contributed by atoms with Crippen LogP contribution < -0.4 is 20.7 Å². The van der Waals surface area contributed by atoms with Crippen molar-refractivity contribution in [2.45, 2.75) is 0 Å². The number of hydrogen-bond donors (Lipinski definition) is 3. The molecule has 3 rings (SSSR count). The van der Waals surface area contributed by atoms with Crippen molar-refractivity contribution in [3.8, 4) is 5.75 Å². The fraction of sp³-hybridized carbons (Fsp3) is 0.0455. The molecule has 0 atom stereocenters. The minimum atomic E-state index is -0.344. The van der Waals surface area contributed by atoms with Gasteiger partial charge in [0.1, 0.15) is 5.75 Å². The van der Waals surface area contributed by atoms with Gasteiger partial charge in [-0.05, 0) is 66.8 Å². The van der Waals surface area contributed by atoms with Crippen LogP contribution in [-0.4, -0.2) is 24.0 Å². The van der Waals surface area contributed by atoms with Crippen molar-refractivity contribution >= 4 is 40.5 Å². The fourth-order valence-corrected chi connectivity index (χ4v) is 2.75. The SMILES string of the molecule is COc1ccc(C(=O)NC(=S)Nc2cccc(C(=O)Nc3ccccc3)c2)cc1. The van der Waals surface area contributed by atoms with E-state index in [0.29, 0.717) is 28.3 Å². The molecule has 7 heteroatoms. The van der Waals surface area contributed by atoms with Crippen LogP contribution in [-0.2, 0) is 0 Å². The van der Waals surface area contributed by atoms with Crippen LogP contribution >= 0.6 is 12.2 Å². The predicted octanol–water partition coefficient (Wildman–Crippen LogP) is 4.07. The van der Waals surface area contributed by atoms with E-state index in [2.05, 4.69) is 16.0 Å². The van der Waals surface area contributed by atoms with Crippen LogP contribution in [0.1, 0.15) is 20.7 Å². The highest BCUT2D eigenvalue weighted by Gasteiger charge is 2.10. The van der Waals surface area contributed by atoms with Crippen LogP contribution in [0, 0.1) is 0 Å². The van der Waals surface area contributed by atoms with Crippen molar-refractivity contribution in [3.63, 3.8) is 0 Å². The zero-order valence-corrected chi connectivity index (χ0v) is 16.5. The van der Waals surface area contributed by atoms with Crippen LogP contribution in [0.3, 0.4) is 0 Å². The van der Waals surface area contributed by atoms with Gasteiger partial charge in [0.2, 0.25) is 0 Å². The van der Waals surface area contributed by atoms with Crippen LogP contribution in [0.15, 0.2) is 78.9 Å². The Morgan fingerprint density at radius 3 is 2.14 bits per heavy atom. The summed E-state index contributed by atoms with van der Waals surface area (Å²) in [5, 5.41) is 8.48. The number of thiocarbonyl (C=S) groups is 1. The fourth-order valence-electron chi connectivity index (χ4n) is 2.54. The van der Waals surface area contributed by atoms with E-state index in [1.807, 2.05) is 30.3 Å². The van der Waals surface area contributed by atoms with Crippen LogP contribution in [0.2, 0.25) is 0 Å². The second-order valence-corrected chi connectivity index (χ2v) is 6.45. The van der Waals surface area contributed by atoms with Crippen molar-refractivity contribution in [2.75, 3.05) is 17.7 Å². The third kappa shape index (κ3) is 5.63. The number of anilines is 2. The first kappa shape index (κ1) is 20.0. The molecule has 0 heterocycles. The minimum Gasteiger partial charge on any atom is -0.497 e. The highest BCUT2D eigenvalue weighted by atomic mass is 32.1. The minimum absolute atomic E-state index is 0.131. The topological polar surface area (TPSA) is 79.5 Å². The third-order valence-corrected chi connectivity index (χ3v) is 4.20. The number of hydrogen-bond acceptors (Lipinski definition) is 4. The highest BCUT2D eigenvalue weighted by molar-refractivity contribution is 7.80. The number of carbonyl (C=O) groups excluding carboxylic acids is 2. The summed E-state index contributed by atoms with van der Waals surface area (Å²) in [6, 6.07) is 22.7. The zero-order valence-electron chi connectivity index (χ0n) is 15.6. The molecule has 0 aromatic heterocycles. The molecule has 0 saturated carbocycles. The molecule has 2 amide bonds. The summed E-state index contributed by atoms with van der Waals surface area (Å²) in [4.78, 5) is 24.7. The molecule has 0 aliphatic carbocycles. The summed E-state index contributed by atoms with van der Waals surface area (Å²) in [7, 11) is 1.56. The lowest BCUT2D eigenvalue weighted by Crippen LogP contribution is -2.34. The number of carbonyl (C=O) groups is 2. The van der Waals surface area contributed by atoms with Crippen molar-refractivity contribution in [1.29, 1.82) is 0 Å². The summed E-state index contributed by atoms with van der Waals surface area (Å²) in [5.74, 6) is 0.0732. The van der Waals surface area contributed by atoms with E-state index in [1.165, 1.54) is 0 Å². The van der Waals surface area contributed by atoms with Gasteiger partial charge in [-0.15, -0.1) is 0 Å². The van der Waals surface area contributed by atoms with E-state index < -0.39 is 0 Å². The van der Waals surface area contributed by atoms with E-state index in [1.54, 1.807) is 55.6 Å². The van der Waals surface area contributed by atoms with E-state index in [-0.39, 0.29) is 16.9 Å². The highest BCUT2D eigenvalue weighted by Crippen LogP contribution is 2.14. The predicted molar refractivity (Wildman–Crippen MR) is 118 cm³/mol. The molecule has 0 unspecified atom stereocenters. The quantitative estimate of drug-likeness (QED) is 0.558. The van der Waals surface area contributed by atoms with Gasteiger partial charge >= 0.3 is 0 Å². The average Bonchev–Trinajstić information content (AvgIpc) is 2.74. The Bertz CT molecular complexity index is 1020. The first-order chi connectivity index (χ1) is 14.0. The zero-order chi connectivity index (χ0) is 20.6. The summed E-state index contributed by atoms with van der Waals surface area (Å²) >= 11 is 5.21. The Hall–Kier alpha value is -3.71. The number of benzene rings is 3. The van der Waals surface area contributed by atoms with Crippen molar-refractivity contribution in [1.82, 2.24) is 5.32 Å². The van der Waals surface area contributed by atoms with Gasteiger partial charge in [-0.3, -0.25) is 14.9 Å². The van der Waals surface area contributed by atoms with Gasteiger partial charge in [0.25, 0.3) is 11.8 Å². The largest absolute Gasteiger partial charge is 0.497 e. The average molecular weight is 405 g/mol. The molecule has 3 aromatic rings. The molecular formula is C22H19N3O3S. The summed E-state index contributed by atoms with van der Waals surface area (Å²) in [5.41, 5.74) is 2.21. The Balaban J connectivity index is 1.60. The summed E-state index contributed by atoms with van der Waals surface area (Å²) in [6.45, 7) is 0. The van der Waals surface area contributed by atoms with E-state index in [0.717, 1.165) is 0 Å². The van der Waals surface area contributed by atoms with Gasteiger partial charge in [0, 0.05) is 22.5 Å². The van der Waals surface area contributed by atoms with Gasteiger partial charge in [-0.2, -0.15) is 0 Å². The van der Waals surface area contributed by atoms with Gasteiger partial charge in [-0.1, -0.05) is 24.3 Å². The van der Waals surface area contributed by atoms with Crippen molar-refractivity contribution in [3.05, 3.63) is 90.0 Å². The van der Waals surface area contributed by atoms with Gasteiger partial charge in [0.15, 0.2) is 5.11 Å². The van der Waals surface area contributed by atoms with E-state index >= 15 is 0 Å². The Kier molecular flexibility index (Phi) is 6.55. The second-order valence-electron chi connectivity index (χ2n) is 6.04. The number of para-hydroxylation sites is 1. The number of methoxy groups -OCH3 is 1. The molecule has 146 valence electrons. The molecular weight excluding hydrogens is 386 g/mol. The van der Waals surface area contributed by atoms with Crippen molar-refractivity contribution < 1.29 is 14.3 Å². The molecule has 0 bridgehead atoms. The number of nitrogens with one attached hydrogen (secondary N) is 3. The van der Waals surface area contributed by atoms with Crippen LogP contribution in [0.25, 0.3) is 0 Å². The Labute approximate surface area is 173 Å². The molecule has 0 fully saturated rings. The second kappa shape index (κ2) is 9.48. The first-order valence-corrected chi connectivity index (χ1v) is 9.19. The molecule has 3 N–H and O–H groups in total.